The van der Waals surface area contributed by atoms with Crippen molar-refractivity contribution in [1.82, 2.24) is 5.01 Å². The molecular weight excluding hydrogens is 380 g/mol. The fourth-order valence-corrected chi connectivity index (χ4v) is 3.01. The van der Waals surface area contributed by atoms with E-state index in [1.165, 1.54) is 17.1 Å². The van der Waals surface area contributed by atoms with Crippen LogP contribution in [0.15, 0.2) is 53.6 Å². The Hall–Kier alpha value is -3.29. The van der Waals surface area contributed by atoms with Crippen molar-refractivity contribution < 1.29 is 23.1 Å². The van der Waals surface area contributed by atoms with Crippen molar-refractivity contribution in [3.05, 3.63) is 59.7 Å². The summed E-state index contributed by atoms with van der Waals surface area (Å²) in [5, 5.41) is 8.38. The number of amides is 2. The zero-order valence-electron chi connectivity index (χ0n) is 15.9. The molecule has 3 rings (SSSR count). The average molecular weight is 401 g/mol. The molecule has 2 aromatic rings. The van der Waals surface area contributed by atoms with Gasteiger partial charge < -0.3 is 10.1 Å². The van der Waals surface area contributed by atoms with Gasteiger partial charge in [0.2, 0.25) is 11.8 Å². The normalized spacial score (nSPS) is 13.4. The van der Waals surface area contributed by atoms with E-state index in [-0.39, 0.29) is 30.4 Å². The lowest BCUT2D eigenvalue weighted by Crippen LogP contribution is -2.25. The number of hydrazone groups is 1. The van der Waals surface area contributed by atoms with Gasteiger partial charge in [-0.2, -0.15) is 13.9 Å². The topological polar surface area (TPSA) is 71.0 Å². The van der Waals surface area contributed by atoms with Gasteiger partial charge in [-0.25, -0.2) is 5.01 Å². The van der Waals surface area contributed by atoms with Gasteiger partial charge in [0.15, 0.2) is 0 Å². The Morgan fingerprint density at radius 2 is 1.90 bits per heavy atom. The third-order valence-corrected chi connectivity index (χ3v) is 4.54. The van der Waals surface area contributed by atoms with Gasteiger partial charge in [0.1, 0.15) is 5.75 Å². The minimum absolute atomic E-state index is 0.00365. The number of anilines is 1. The summed E-state index contributed by atoms with van der Waals surface area (Å²) in [7, 11) is 0. The van der Waals surface area contributed by atoms with Crippen LogP contribution in [0.5, 0.6) is 5.75 Å². The van der Waals surface area contributed by atoms with Crippen molar-refractivity contribution in [3.8, 4) is 5.75 Å². The summed E-state index contributed by atoms with van der Waals surface area (Å²) in [6.45, 7) is -0.890. The Kier molecular flexibility index (Phi) is 6.54. The first-order valence-electron chi connectivity index (χ1n) is 9.21. The van der Waals surface area contributed by atoms with Gasteiger partial charge in [-0.05, 0) is 24.6 Å². The number of carbonyl (C=O) groups excluding carboxylic acids is 2. The molecule has 29 heavy (non-hydrogen) atoms. The summed E-state index contributed by atoms with van der Waals surface area (Å²) in [5.74, 6) is -0.631. The molecule has 152 valence electrons. The number of carbonyl (C=O) groups is 2. The van der Waals surface area contributed by atoms with E-state index in [9.17, 15) is 18.4 Å². The lowest BCUT2D eigenvalue weighted by atomic mass is 10.1. The van der Waals surface area contributed by atoms with Crippen LogP contribution in [-0.2, 0) is 9.59 Å². The highest BCUT2D eigenvalue weighted by atomic mass is 19.3. The number of alkyl halides is 2. The van der Waals surface area contributed by atoms with Crippen LogP contribution in [0, 0.1) is 6.92 Å². The van der Waals surface area contributed by atoms with E-state index in [1.54, 1.807) is 13.0 Å². The van der Waals surface area contributed by atoms with Crippen LogP contribution in [0.4, 0.5) is 14.5 Å². The number of rotatable bonds is 7. The largest absolute Gasteiger partial charge is 0.434 e. The Balaban J connectivity index is 1.54. The van der Waals surface area contributed by atoms with E-state index in [0.717, 1.165) is 11.3 Å². The predicted octanol–water partition coefficient (Wildman–Crippen LogP) is 3.95. The lowest BCUT2D eigenvalue weighted by molar-refractivity contribution is -0.132. The maximum absolute atomic E-state index is 12.4. The molecule has 0 fully saturated rings. The molecule has 2 aromatic carbocycles. The molecule has 0 unspecified atom stereocenters. The summed E-state index contributed by atoms with van der Waals surface area (Å²) in [5.41, 5.74) is 2.58. The Bertz CT molecular complexity index is 917. The van der Waals surface area contributed by atoms with Crippen molar-refractivity contribution >= 4 is 23.2 Å². The number of ether oxygens (including phenoxy) is 1. The zero-order chi connectivity index (χ0) is 20.8. The first kappa shape index (κ1) is 20.4. The third-order valence-electron chi connectivity index (χ3n) is 4.54. The third kappa shape index (κ3) is 5.37. The Morgan fingerprint density at radius 1 is 1.14 bits per heavy atom. The van der Waals surface area contributed by atoms with Gasteiger partial charge in [-0.15, -0.1) is 0 Å². The molecule has 0 aromatic heterocycles. The van der Waals surface area contributed by atoms with Gasteiger partial charge in [-0.3, -0.25) is 9.59 Å². The second-order valence-electron chi connectivity index (χ2n) is 6.53. The second kappa shape index (κ2) is 9.27. The van der Waals surface area contributed by atoms with E-state index in [1.807, 2.05) is 30.3 Å². The van der Waals surface area contributed by atoms with Crippen LogP contribution in [0.1, 0.15) is 30.4 Å². The predicted molar refractivity (Wildman–Crippen MR) is 105 cm³/mol. The van der Waals surface area contributed by atoms with Gasteiger partial charge in [0, 0.05) is 30.5 Å². The molecule has 8 heteroatoms. The molecule has 1 heterocycles. The number of halogens is 2. The fraction of sp³-hybridized carbons (Fsp3) is 0.286. The van der Waals surface area contributed by atoms with Crippen molar-refractivity contribution in [3.63, 3.8) is 0 Å². The molecular formula is C21H21F2N3O3. The van der Waals surface area contributed by atoms with Crippen molar-refractivity contribution in [2.24, 2.45) is 5.10 Å². The minimum atomic E-state index is -2.95. The Labute approximate surface area is 167 Å². The van der Waals surface area contributed by atoms with Crippen LogP contribution in [0.3, 0.4) is 0 Å². The van der Waals surface area contributed by atoms with E-state index in [0.29, 0.717) is 24.2 Å². The van der Waals surface area contributed by atoms with E-state index < -0.39 is 6.61 Å². The molecule has 1 N–H and O–H groups in total. The van der Waals surface area contributed by atoms with Gasteiger partial charge in [-0.1, -0.05) is 36.4 Å². The van der Waals surface area contributed by atoms with Gasteiger partial charge >= 0.3 is 6.61 Å². The smallest absolute Gasteiger partial charge is 0.387 e. The summed E-state index contributed by atoms with van der Waals surface area (Å²) in [6, 6.07) is 14.1. The summed E-state index contributed by atoms with van der Waals surface area (Å²) < 4.78 is 29.3. The molecule has 0 atom stereocenters. The number of nitrogens with zero attached hydrogens (tertiary/aromatic N) is 2. The maximum atomic E-state index is 12.4. The first-order chi connectivity index (χ1) is 13.9. The van der Waals surface area contributed by atoms with Crippen LogP contribution < -0.4 is 10.1 Å². The van der Waals surface area contributed by atoms with E-state index in [2.05, 4.69) is 15.2 Å². The van der Waals surface area contributed by atoms with Crippen molar-refractivity contribution in [2.75, 3.05) is 11.9 Å². The average Bonchev–Trinajstić information content (AvgIpc) is 3.20. The molecule has 0 saturated heterocycles. The molecule has 1 aliphatic rings. The van der Waals surface area contributed by atoms with Crippen LogP contribution >= 0.6 is 0 Å². The highest BCUT2D eigenvalue weighted by Crippen LogP contribution is 2.27. The molecule has 0 aliphatic carbocycles. The zero-order valence-corrected chi connectivity index (χ0v) is 15.9. The molecule has 0 radical (unpaired) electrons. The second-order valence-corrected chi connectivity index (χ2v) is 6.53. The molecule has 6 nitrogen and oxygen atoms in total. The SMILES string of the molecule is Cc1c(NC(=O)CCC(=O)N2CCC(c3ccccc3)=N2)cccc1OC(F)F. The quantitative estimate of drug-likeness (QED) is 0.764. The van der Waals surface area contributed by atoms with E-state index in [4.69, 9.17) is 0 Å². The highest BCUT2D eigenvalue weighted by molar-refractivity contribution is 6.02. The summed E-state index contributed by atoms with van der Waals surface area (Å²) in [6.07, 6.45) is 0.632. The van der Waals surface area contributed by atoms with Crippen molar-refractivity contribution in [2.45, 2.75) is 32.8 Å². The standard InChI is InChI=1S/C21H21F2N3O3/c1-14-16(8-5-9-18(14)29-21(22)23)24-19(27)10-11-20(28)26-13-12-17(25-26)15-6-3-2-4-7-15/h2-9,21H,10-13H2,1H3,(H,24,27). The minimum Gasteiger partial charge on any atom is -0.434 e. The van der Waals surface area contributed by atoms with Crippen LogP contribution in [0.25, 0.3) is 0 Å². The summed E-state index contributed by atoms with van der Waals surface area (Å²) >= 11 is 0. The monoisotopic (exact) mass is 401 g/mol. The number of hydrogen-bond donors (Lipinski definition) is 1. The van der Waals surface area contributed by atoms with Crippen molar-refractivity contribution in [1.29, 1.82) is 0 Å². The molecule has 0 saturated carbocycles. The first-order valence-corrected chi connectivity index (χ1v) is 9.21. The molecule has 1 aliphatic heterocycles. The lowest BCUT2D eigenvalue weighted by Gasteiger charge is -2.14. The van der Waals surface area contributed by atoms with Gasteiger partial charge in [0.25, 0.3) is 0 Å². The number of nitrogens with one attached hydrogen (secondary N) is 1. The van der Waals surface area contributed by atoms with Gasteiger partial charge in [0.05, 0.1) is 12.3 Å². The molecule has 0 bridgehead atoms. The summed E-state index contributed by atoms with van der Waals surface area (Å²) in [4.78, 5) is 24.6. The maximum Gasteiger partial charge on any atom is 0.387 e. The van der Waals surface area contributed by atoms with Crippen LogP contribution in [0.2, 0.25) is 0 Å². The number of hydrogen-bond acceptors (Lipinski definition) is 4. The molecule has 0 spiro atoms. The number of benzene rings is 2. The highest BCUT2D eigenvalue weighted by Gasteiger charge is 2.22. The van der Waals surface area contributed by atoms with Crippen LogP contribution in [-0.4, -0.2) is 35.7 Å². The fourth-order valence-electron chi connectivity index (χ4n) is 3.01. The molecule has 2 amide bonds. The van der Waals surface area contributed by atoms with E-state index >= 15 is 0 Å². The Morgan fingerprint density at radius 3 is 2.62 bits per heavy atom.